The van der Waals surface area contributed by atoms with Gasteiger partial charge < -0.3 is 18.9 Å². The number of rotatable bonds is 0. The Morgan fingerprint density at radius 1 is 0.500 bits per heavy atom. The Morgan fingerprint density at radius 2 is 0.857 bits per heavy atom. The van der Waals surface area contributed by atoms with Gasteiger partial charge in [-0.05, 0) is 51.4 Å². The van der Waals surface area contributed by atoms with Gasteiger partial charge in [-0.1, -0.05) is 26.7 Å². The van der Waals surface area contributed by atoms with Gasteiger partial charge >= 0.3 is 0 Å². The summed E-state index contributed by atoms with van der Waals surface area (Å²) in [4.78, 5) is 0. The van der Waals surface area contributed by atoms with Gasteiger partial charge in [0.1, 0.15) is 0 Å². The maximum atomic E-state index is 6.51. The predicted molar refractivity (Wildman–Crippen MR) is 108 cm³/mol. The van der Waals surface area contributed by atoms with Crippen LogP contribution in [-0.2, 0) is 18.9 Å². The highest BCUT2D eigenvalue weighted by molar-refractivity contribution is 4.99. The molecule has 4 spiro atoms. The monoisotopic (exact) mass is 392 g/mol. The molecule has 0 radical (unpaired) electrons. The molecule has 3 saturated carbocycles. The summed E-state index contributed by atoms with van der Waals surface area (Å²) in [5.74, 6) is 0.503. The molecule has 2 atom stereocenters. The van der Waals surface area contributed by atoms with Crippen LogP contribution in [0.1, 0.15) is 90.9 Å². The number of hydrogen-bond donors (Lipinski definition) is 0. The van der Waals surface area contributed by atoms with Gasteiger partial charge in [0.15, 0.2) is 11.6 Å². The molecule has 28 heavy (non-hydrogen) atoms. The Bertz CT molecular complexity index is 495. The van der Waals surface area contributed by atoms with Crippen molar-refractivity contribution in [2.75, 3.05) is 26.4 Å². The summed E-state index contributed by atoms with van der Waals surface area (Å²) in [5.41, 5.74) is 0.446. The lowest BCUT2D eigenvalue weighted by Crippen LogP contribution is -2.58. The van der Waals surface area contributed by atoms with Crippen molar-refractivity contribution < 1.29 is 18.9 Å². The minimum absolute atomic E-state index is 0.223. The van der Waals surface area contributed by atoms with E-state index in [0.717, 1.165) is 39.3 Å². The molecule has 0 amide bonds. The van der Waals surface area contributed by atoms with Gasteiger partial charge in [0, 0.05) is 35.5 Å². The van der Waals surface area contributed by atoms with Crippen LogP contribution in [0.25, 0.3) is 0 Å². The van der Waals surface area contributed by atoms with Crippen molar-refractivity contribution in [1.82, 2.24) is 0 Å². The fourth-order valence-electron chi connectivity index (χ4n) is 6.59. The zero-order valence-electron chi connectivity index (χ0n) is 18.1. The molecule has 4 heteroatoms. The summed E-state index contributed by atoms with van der Waals surface area (Å²) in [6, 6.07) is 0. The normalized spacial score (nSPS) is 52.5. The van der Waals surface area contributed by atoms with E-state index in [1.165, 1.54) is 64.2 Å². The minimum atomic E-state index is -0.279. The fraction of sp³-hybridized carbons (Fsp3) is 1.00. The summed E-state index contributed by atoms with van der Waals surface area (Å²) in [5, 5.41) is 0. The zero-order chi connectivity index (χ0) is 19.3. The first kappa shape index (κ1) is 19.8. The molecule has 0 aromatic rings. The molecule has 2 heterocycles. The molecule has 2 saturated heterocycles. The lowest BCUT2D eigenvalue weighted by molar-refractivity contribution is -0.354. The van der Waals surface area contributed by atoms with Crippen molar-refractivity contribution >= 4 is 0 Å². The largest absolute Gasteiger partial charge is 0.349 e. The Balaban J connectivity index is 1.17. The zero-order valence-corrected chi connectivity index (χ0v) is 18.1. The third kappa shape index (κ3) is 3.27. The smallest absolute Gasteiger partial charge is 0.170 e. The third-order valence-corrected chi connectivity index (χ3v) is 9.19. The van der Waals surface area contributed by atoms with Gasteiger partial charge in [-0.15, -0.1) is 0 Å². The maximum absolute atomic E-state index is 6.51. The molecule has 5 aliphatic rings. The van der Waals surface area contributed by atoms with Crippen LogP contribution in [0.4, 0.5) is 0 Å². The van der Waals surface area contributed by atoms with Gasteiger partial charge in [0.25, 0.3) is 0 Å². The molecule has 160 valence electrons. The number of hydrogen-bond acceptors (Lipinski definition) is 4. The molecule has 4 nitrogen and oxygen atoms in total. The predicted octanol–water partition coefficient (Wildman–Crippen LogP) is 5.44. The molecular formula is C24H40O4. The standard InChI is InChI=1S/C24H40O4/c1-19-7-3-5-9-23(19)25-15-21(16-26-23)11-13-22(14-12-21)17-27-24(28-18-22)10-6-4-8-20(24)2/h19-20H,3-18H2,1-2H3. The van der Waals surface area contributed by atoms with Crippen LogP contribution in [0.2, 0.25) is 0 Å². The Labute approximate surface area is 171 Å². The first-order valence-corrected chi connectivity index (χ1v) is 12.1. The van der Waals surface area contributed by atoms with Crippen LogP contribution in [-0.4, -0.2) is 38.0 Å². The van der Waals surface area contributed by atoms with Gasteiger partial charge in [0.05, 0.1) is 26.4 Å². The lowest BCUT2D eigenvalue weighted by Gasteiger charge is -2.56. The Hall–Kier alpha value is -0.160. The van der Waals surface area contributed by atoms with Crippen molar-refractivity contribution in [2.45, 2.75) is 102 Å². The topological polar surface area (TPSA) is 36.9 Å². The minimum Gasteiger partial charge on any atom is -0.349 e. The SMILES string of the molecule is CC1CCCCC12OCC1(CCC3(CC1)COC1(CCCCC1C)OC3)CO2. The molecule has 5 fully saturated rings. The van der Waals surface area contributed by atoms with Crippen LogP contribution in [0.5, 0.6) is 0 Å². The highest BCUT2D eigenvalue weighted by Gasteiger charge is 2.54. The summed E-state index contributed by atoms with van der Waals surface area (Å²) in [6.45, 7) is 8.16. The number of ether oxygens (including phenoxy) is 4. The van der Waals surface area contributed by atoms with Gasteiger partial charge in [0.2, 0.25) is 0 Å². The molecule has 0 aromatic heterocycles. The van der Waals surface area contributed by atoms with Gasteiger partial charge in [-0.25, -0.2) is 0 Å². The van der Waals surface area contributed by atoms with Crippen LogP contribution in [0.3, 0.4) is 0 Å². The molecular weight excluding hydrogens is 352 g/mol. The summed E-state index contributed by atoms with van der Waals surface area (Å²) in [6.07, 6.45) is 14.5. The van der Waals surface area contributed by atoms with Crippen molar-refractivity contribution in [2.24, 2.45) is 22.7 Å². The molecule has 0 bridgehead atoms. The lowest BCUT2D eigenvalue weighted by atomic mass is 9.63. The Kier molecular flexibility index (Phi) is 5.10. The van der Waals surface area contributed by atoms with Crippen LogP contribution in [0.15, 0.2) is 0 Å². The molecule has 0 N–H and O–H groups in total. The van der Waals surface area contributed by atoms with Crippen LogP contribution >= 0.6 is 0 Å². The van der Waals surface area contributed by atoms with E-state index in [1.807, 2.05) is 0 Å². The van der Waals surface area contributed by atoms with E-state index in [4.69, 9.17) is 18.9 Å². The highest BCUT2D eigenvalue weighted by atomic mass is 16.7. The van der Waals surface area contributed by atoms with Gasteiger partial charge in [-0.3, -0.25) is 0 Å². The van der Waals surface area contributed by atoms with Crippen molar-refractivity contribution in [3.05, 3.63) is 0 Å². The van der Waals surface area contributed by atoms with E-state index in [9.17, 15) is 0 Å². The summed E-state index contributed by atoms with van der Waals surface area (Å²) < 4.78 is 26.0. The quantitative estimate of drug-likeness (QED) is 0.550. The second kappa shape index (κ2) is 7.21. The van der Waals surface area contributed by atoms with E-state index >= 15 is 0 Å². The summed E-state index contributed by atoms with van der Waals surface area (Å²) in [7, 11) is 0. The van der Waals surface area contributed by atoms with E-state index in [0.29, 0.717) is 11.8 Å². The van der Waals surface area contributed by atoms with Crippen molar-refractivity contribution in [1.29, 1.82) is 0 Å². The van der Waals surface area contributed by atoms with E-state index in [2.05, 4.69) is 13.8 Å². The maximum Gasteiger partial charge on any atom is 0.170 e. The molecule has 3 aliphatic carbocycles. The Morgan fingerprint density at radius 3 is 1.18 bits per heavy atom. The molecule has 5 rings (SSSR count). The van der Waals surface area contributed by atoms with Gasteiger partial charge in [-0.2, -0.15) is 0 Å². The van der Waals surface area contributed by atoms with Crippen LogP contribution < -0.4 is 0 Å². The van der Waals surface area contributed by atoms with Crippen molar-refractivity contribution in [3.8, 4) is 0 Å². The van der Waals surface area contributed by atoms with E-state index in [-0.39, 0.29) is 22.4 Å². The second-order valence-corrected chi connectivity index (χ2v) is 11.1. The first-order valence-electron chi connectivity index (χ1n) is 12.1. The first-order chi connectivity index (χ1) is 13.5. The van der Waals surface area contributed by atoms with E-state index < -0.39 is 0 Å². The molecule has 0 aromatic carbocycles. The average molecular weight is 393 g/mol. The van der Waals surface area contributed by atoms with Crippen LogP contribution in [0, 0.1) is 22.7 Å². The highest BCUT2D eigenvalue weighted by Crippen LogP contribution is 2.54. The molecule has 2 unspecified atom stereocenters. The fourth-order valence-corrected chi connectivity index (χ4v) is 6.59. The second-order valence-electron chi connectivity index (χ2n) is 11.1. The third-order valence-electron chi connectivity index (χ3n) is 9.19. The average Bonchev–Trinajstić information content (AvgIpc) is 2.73. The van der Waals surface area contributed by atoms with Crippen molar-refractivity contribution in [3.63, 3.8) is 0 Å². The van der Waals surface area contributed by atoms with E-state index in [1.54, 1.807) is 0 Å². The molecule has 2 aliphatic heterocycles. The summed E-state index contributed by atoms with van der Waals surface area (Å²) >= 11 is 0.